The second-order valence-electron chi connectivity index (χ2n) is 17.6. The van der Waals surface area contributed by atoms with Gasteiger partial charge in [-0.2, -0.15) is 0 Å². The summed E-state index contributed by atoms with van der Waals surface area (Å²) in [7, 11) is 2.99. The van der Waals surface area contributed by atoms with Gasteiger partial charge in [-0.1, -0.05) is 32.0 Å². The number of nitrogens with zero attached hydrogens (tertiary/aromatic N) is 4. The SMILES string of the molecule is COCC1CC(c2nc3c(ccc4cc5c(cc43)OCc3cc(-c4cnc(C6CC7CC7N6C(=O)C(NC(=O)OC)C(C)C)[nH]4)ccc3-5)[nH]2)N(C(=O)OC(C)(C)C)C1. The van der Waals surface area contributed by atoms with Crippen LogP contribution in [0.1, 0.15) is 83.2 Å². The smallest absolute Gasteiger partial charge is 0.410 e. The maximum absolute atomic E-state index is 13.9. The minimum Gasteiger partial charge on any atom is -0.488 e. The maximum atomic E-state index is 13.9. The van der Waals surface area contributed by atoms with Crippen LogP contribution in [0.4, 0.5) is 9.59 Å². The first kappa shape index (κ1) is 37.9. The maximum Gasteiger partial charge on any atom is 0.410 e. The van der Waals surface area contributed by atoms with E-state index >= 15 is 0 Å². The first-order valence-corrected chi connectivity index (χ1v) is 20.2. The lowest BCUT2D eigenvalue weighted by atomic mass is 9.92. The van der Waals surface area contributed by atoms with Gasteiger partial charge in [0.2, 0.25) is 5.91 Å². The molecule has 4 aliphatic rings. The Morgan fingerprint density at radius 3 is 2.57 bits per heavy atom. The van der Waals surface area contributed by atoms with Gasteiger partial charge in [-0.25, -0.2) is 19.6 Å². The van der Waals surface area contributed by atoms with E-state index in [1.807, 2.05) is 51.8 Å². The molecule has 2 aromatic heterocycles. The summed E-state index contributed by atoms with van der Waals surface area (Å²) < 4.78 is 22.5. The summed E-state index contributed by atoms with van der Waals surface area (Å²) in [5.74, 6) is 2.66. The predicted molar refractivity (Wildman–Crippen MR) is 217 cm³/mol. The van der Waals surface area contributed by atoms with Crippen molar-refractivity contribution in [1.29, 1.82) is 0 Å². The summed E-state index contributed by atoms with van der Waals surface area (Å²) in [5.41, 5.74) is 6.11. The summed E-state index contributed by atoms with van der Waals surface area (Å²) in [5, 5.41) is 4.75. The molecular weight excluding hydrogens is 739 g/mol. The quantitative estimate of drug-likeness (QED) is 0.143. The third-order valence-electron chi connectivity index (χ3n) is 12.1. The number of rotatable bonds is 8. The highest BCUT2D eigenvalue weighted by atomic mass is 16.6. The third-order valence-corrected chi connectivity index (χ3v) is 12.1. The van der Waals surface area contributed by atoms with Gasteiger partial charge >= 0.3 is 12.2 Å². The molecule has 14 nitrogen and oxygen atoms in total. The van der Waals surface area contributed by atoms with E-state index < -0.39 is 17.7 Å². The zero-order valence-corrected chi connectivity index (χ0v) is 34.0. The first-order valence-electron chi connectivity index (χ1n) is 20.2. The number of hydrogen-bond acceptors (Lipinski definition) is 9. The van der Waals surface area contributed by atoms with Crippen molar-refractivity contribution in [3.05, 3.63) is 65.9 Å². The van der Waals surface area contributed by atoms with Gasteiger partial charge in [0, 0.05) is 36.6 Å². The molecule has 14 heteroatoms. The van der Waals surface area contributed by atoms with E-state index in [4.69, 9.17) is 28.9 Å². The lowest BCUT2D eigenvalue weighted by Crippen LogP contribution is -2.52. The molecule has 6 unspecified atom stereocenters. The molecule has 3 aliphatic heterocycles. The molecule has 304 valence electrons. The van der Waals surface area contributed by atoms with E-state index in [-0.39, 0.29) is 42.0 Å². The van der Waals surface area contributed by atoms with Crippen molar-refractivity contribution < 1.29 is 33.3 Å². The zero-order valence-electron chi connectivity index (χ0n) is 34.0. The monoisotopic (exact) mass is 789 g/mol. The van der Waals surface area contributed by atoms with Crippen LogP contribution in [0.2, 0.25) is 0 Å². The van der Waals surface area contributed by atoms with E-state index in [2.05, 4.69) is 51.7 Å². The second-order valence-corrected chi connectivity index (χ2v) is 17.6. The highest BCUT2D eigenvalue weighted by molar-refractivity contribution is 6.07. The molecule has 0 spiro atoms. The second kappa shape index (κ2) is 14.3. The number of piperidine rings is 1. The Morgan fingerprint density at radius 1 is 0.983 bits per heavy atom. The number of methoxy groups -OCH3 is 2. The van der Waals surface area contributed by atoms with Gasteiger partial charge in [-0.05, 0) is 98.2 Å². The number of H-pyrrole nitrogens is 2. The highest BCUT2D eigenvalue weighted by Gasteiger charge is 2.56. The fourth-order valence-electron chi connectivity index (χ4n) is 9.22. The Bertz CT molecular complexity index is 2430. The molecule has 5 aromatic rings. The van der Waals surface area contributed by atoms with Crippen LogP contribution < -0.4 is 10.1 Å². The van der Waals surface area contributed by atoms with E-state index in [0.717, 1.165) is 86.4 Å². The van der Waals surface area contributed by atoms with Crippen molar-refractivity contribution >= 4 is 39.9 Å². The summed E-state index contributed by atoms with van der Waals surface area (Å²) in [6.45, 7) is 11.0. The summed E-state index contributed by atoms with van der Waals surface area (Å²) in [6.07, 6.45) is 3.39. The van der Waals surface area contributed by atoms with Crippen LogP contribution in [-0.4, -0.2) is 92.9 Å². The predicted octanol–water partition coefficient (Wildman–Crippen LogP) is 7.65. The molecule has 1 aliphatic carbocycles. The molecule has 3 N–H and O–H groups in total. The molecular formula is C44H51N7O7. The molecule has 5 heterocycles. The van der Waals surface area contributed by atoms with Crippen LogP contribution >= 0.6 is 0 Å². The van der Waals surface area contributed by atoms with Crippen LogP contribution in [0.15, 0.2) is 48.7 Å². The van der Waals surface area contributed by atoms with Crippen molar-refractivity contribution in [2.45, 2.75) is 90.3 Å². The molecule has 3 fully saturated rings. The average Bonchev–Trinajstić information content (AvgIpc) is 3.66. The lowest BCUT2D eigenvalue weighted by molar-refractivity contribution is -0.136. The summed E-state index contributed by atoms with van der Waals surface area (Å²) in [6, 6.07) is 13.8. The summed E-state index contributed by atoms with van der Waals surface area (Å²) >= 11 is 0. The minimum atomic E-state index is -0.685. The van der Waals surface area contributed by atoms with Crippen LogP contribution in [0.3, 0.4) is 0 Å². The lowest BCUT2D eigenvalue weighted by Gasteiger charge is -2.31. The Morgan fingerprint density at radius 2 is 1.81 bits per heavy atom. The largest absolute Gasteiger partial charge is 0.488 e. The Labute approximate surface area is 337 Å². The molecule has 0 bridgehead atoms. The van der Waals surface area contributed by atoms with E-state index in [1.165, 1.54) is 7.11 Å². The molecule has 3 amide bonds. The van der Waals surface area contributed by atoms with E-state index in [1.54, 1.807) is 12.0 Å². The Hall–Kier alpha value is -5.63. The number of aromatic nitrogens is 4. The van der Waals surface area contributed by atoms with Gasteiger partial charge in [-0.15, -0.1) is 0 Å². The molecule has 58 heavy (non-hydrogen) atoms. The van der Waals surface area contributed by atoms with E-state index in [9.17, 15) is 14.4 Å². The fraction of sp³-hybridized carbons (Fsp3) is 0.477. The Kier molecular flexibility index (Phi) is 9.37. The number of benzene rings is 3. The van der Waals surface area contributed by atoms with Crippen LogP contribution in [0, 0.1) is 17.8 Å². The number of imidazole rings is 2. The molecule has 6 atom stereocenters. The first-order chi connectivity index (χ1) is 27.8. The number of hydrogen-bond donors (Lipinski definition) is 3. The van der Waals surface area contributed by atoms with Crippen molar-refractivity contribution in [1.82, 2.24) is 35.1 Å². The number of fused-ring (bicyclic) bond motifs is 7. The fourth-order valence-corrected chi connectivity index (χ4v) is 9.22. The standard InChI is InChI=1S/C44H51N7O7/c1-22(2)37(49-42(53)56-7)41(52)51-33-15-26(33)16-35(51)39-45-18-32(47-39)25-8-10-28-27(13-25)21-57-36-17-29-24(14-30(28)36)9-11-31-38(29)48-40(46-31)34-12-23(20-55-6)19-50(34)43(54)58-44(3,4)5/h8-11,13-14,17-18,22-23,26,33-35,37H,12,15-16,19-21H2,1-7H3,(H,45,47)(H,46,48)(H,49,53). The number of likely N-dealkylation sites (tertiary alicyclic amines) is 2. The van der Waals surface area contributed by atoms with Gasteiger partial charge in [-0.3, -0.25) is 9.69 Å². The van der Waals surface area contributed by atoms with Gasteiger partial charge in [0.15, 0.2) is 0 Å². The topological polar surface area (TPSA) is 164 Å². The van der Waals surface area contributed by atoms with Gasteiger partial charge in [0.1, 0.15) is 35.6 Å². The minimum absolute atomic E-state index is 0.103. The zero-order chi connectivity index (χ0) is 40.6. The van der Waals surface area contributed by atoms with Gasteiger partial charge in [0.05, 0.1) is 48.7 Å². The van der Waals surface area contributed by atoms with Crippen molar-refractivity contribution in [2.24, 2.45) is 17.8 Å². The number of carbonyl (C=O) groups is 3. The third kappa shape index (κ3) is 6.80. The van der Waals surface area contributed by atoms with Crippen molar-refractivity contribution in [3.63, 3.8) is 0 Å². The molecule has 0 radical (unpaired) electrons. The number of alkyl carbamates (subject to hydrolysis) is 1. The molecule has 9 rings (SSSR count). The number of ether oxygens (including phenoxy) is 4. The number of amides is 3. The normalized spacial score (nSPS) is 22.7. The van der Waals surface area contributed by atoms with Gasteiger partial charge in [0.25, 0.3) is 0 Å². The van der Waals surface area contributed by atoms with Crippen LogP contribution in [0.5, 0.6) is 5.75 Å². The highest BCUT2D eigenvalue weighted by Crippen LogP contribution is 2.53. The van der Waals surface area contributed by atoms with Crippen LogP contribution in [0.25, 0.3) is 44.2 Å². The number of aromatic amines is 2. The molecule has 2 saturated heterocycles. The summed E-state index contributed by atoms with van der Waals surface area (Å²) in [4.78, 5) is 60.0. The van der Waals surface area contributed by atoms with Gasteiger partial charge < -0.3 is 39.1 Å². The average molecular weight is 790 g/mol. The number of nitrogens with one attached hydrogen (secondary N) is 3. The van der Waals surface area contributed by atoms with Crippen LogP contribution in [-0.2, 0) is 25.6 Å². The van der Waals surface area contributed by atoms with Crippen molar-refractivity contribution in [2.75, 3.05) is 27.4 Å². The van der Waals surface area contributed by atoms with Crippen molar-refractivity contribution in [3.8, 4) is 28.1 Å². The number of carbonyl (C=O) groups excluding carboxylic acids is 3. The molecule has 3 aromatic carbocycles. The van der Waals surface area contributed by atoms with E-state index in [0.29, 0.717) is 25.7 Å². The Balaban J connectivity index is 0.973. The molecule has 1 saturated carbocycles.